The van der Waals surface area contributed by atoms with Gasteiger partial charge in [-0.05, 0) is 56.3 Å². The molecule has 0 bridgehead atoms. The van der Waals surface area contributed by atoms with Crippen LogP contribution in [0.5, 0.6) is 0 Å². The smallest absolute Gasteiger partial charge is 0.161 e. The molecule has 20 heavy (non-hydrogen) atoms. The van der Waals surface area contributed by atoms with E-state index in [0.29, 0.717) is 17.8 Å². The fraction of sp³-hybridized carbons (Fsp3) is 0.188. The van der Waals surface area contributed by atoms with Crippen molar-refractivity contribution in [2.45, 2.75) is 13.8 Å². The molecule has 0 saturated carbocycles. The van der Waals surface area contributed by atoms with Gasteiger partial charge in [0, 0.05) is 29.2 Å². The van der Waals surface area contributed by atoms with Crippen molar-refractivity contribution in [3.63, 3.8) is 0 Å². The Hall–Kier alpha value is -2.36. The van der Waals surface area contributed by atoms with E-state index < -0.39 is 0 Å². The Morgan fingerprint density at radius 2 is 1.75 bits per heavy atom. The lowest BCUT2D eigenvalue weighted by atomic mass is 10.1. The number of nitrogens with two attached hydrogens (primary N) is 1. The Balaban J connectivity index is 2.39. The molecule has 3 nitrogen and oxygen atoms in total. The lowest BCUT2D eigenvalue weighted by Gasteiger charge is -2.24. The molecular formula is C16H17FN2O. The van der Waals surface area contributed by atoms with Crippen LogP contribution in [0.15, 0.2) is 42.5 Å². The minimum atomic E-state index is -0.267. The summed E-state index contributed by atoms with van der Waals surface area (Å²) in [7, 11) is 0. The van der Waals surface area contributed by atoms with E-state index in [0.717, 1.165) is 11.4 Å². The number of carbonyl (C=O) groups excluding carboxylic acids is 1. The zero-order valence-electron chi connectivity index (χ0n) is 11.6. The van der Waals surface area contributed by atoms with Crippen molar-refractivity contribution in [1.82, 2.24) is 0 Å². The Morgan fingerprint density at radius 3 is 2.25 bits per heavy atom. The first-order chi connectivity index (χ1) is 9.52. The number of hydrogen-bond donors (Lipinski definition) is 1. The van der Waals surface area contributed by atoms with Crippen LogP contribution in [0.1, 0.15) is 24.2 Å². The van der Waals surface area contributed by atoms with Gasteiger partial charge >= 0.3 is 0 Å². The second-order valence-corrected chi connectivity index (χ2v) is 4.55. The maximum atomic E-state index is 13.0. The monoisotopic (exact) mass is 272 g/mol. The maximum Gasteiger partial charge on any atom is 0.161 e. The third-order valence-corrected chi connectivity index (χ3v) is 3.18. The van der Waals surface area contributed by atoms with E-state index in [4.69, 9.17) is 5.73 Å². The van der Waals surface area contributed by atoms with Crippen LogP contribution in [0.2, 0.25) is 0 Å². The summed E-state index contributed by atoms with van der Waals surface area (Å²) < 4.78 is 13.0. The number of nitrogen functional groups attached to an aromatic ring is 1. The number of benzene rings is 2. The van der Waals surface area contributed by atoms with Crippen LogP contribution in [0.25, 0.3) is 0 Å². The number of halogens is 1. The summed E-state index contributed by atoms with van der Waals surface area (Å²) in [6.45, 7) is 4.20. The van der Waals surface area contributed by atoms with Gasteiger partial charge in [0.25, 0.3) is 0 Å². The van der Waals surface area contributed by atoms with Gasteiger partial charge in [-0.3, -0.25) is 4.79 Å². The topological polar surface area (TPSA) is 46.3 Å². The average molecular weight is 272 g/mol. The molecule has 0 saturated heterocycles. The molecule has 0 aromatic heterocycles. The number of hydrogen-bond acceptors (Lipinski definition) is 3. The third kappa shape index (κ3) is 2.79. The van der Waals surface area contributed by atoms with Gasteiger partial charge in [0.1, 0.15) is 5.82 Å². The predicted octanol–water partition coefficient (Wildman–Crippen LogP) is 3.77. The van der Waals surface area contributed by atoms with Crippen molar-refractivity contribution >= 4 is 22.8 Å². The summed E-state index contributed by atoms with van der Waals surface area (Å²) in [5.41, 5.74) is 8.64. The van der Waals surface area contributed by atoms with E-state index in [1.807, 2.05) is 17.9 Å². The van der Waals surface area contributed by atoms with Crippen LogP contribution >= 0.6 is 0 Å². The van der Waals surface area contributed by atoms with Crippen LogP contribution < -0.4 is 10.6 Å². The molecule has 0 fully saturated rings. The molecule has 0 radical (unpaired) electrons. The summed E-state index contributed by atoms with van der Waals surface area (Å²) >= 11 is 0. The van der Waals surface area contributed by atoms with E-state index >= 15 is 0 Å². The quantitative estimate of drug-likeness (QED) is 0.680. The van der Waals surface area contributed by atoms with Crippen molar-refractivity contribution in [2.24, 2.45) is 0 Å². The lowest BCUT2D eigenvalue weighted by molar-refractivity contribution is 0.101. The van der Waals surface area contributed by atoms with Crippen molar-refractivity contribution in [3.05, 3.63) is 53.8 Å². The van der Waals surface area contributed by atoms with Crippen molar-refractivity contribution in [2.75, 3.05) is 17.2 Å². The number of Topliss-reactive ketones (excluding diaryl/α,β-unsaturated/α-hetero) is 1. The summed E-state index contributed by atoms with van der Waals surface area (Å²) in [6, 6.07) is 11.6. The highest BCUT2D eigenvalue weighted by molar-refractivity contribution is 5.99. The Labute approximate surface area is 117 Å². The van der Waals surface area contributed by atoms with E-state index in [9.17, 15) is 9.18 Å². The van der Waals surface area contributed by atoms with E-state index in [1.54, 1.807) is 24.3 Å². The fourth-order valence-corrected chi connectivity index (χ4v) is 2.17. The molecule has 0 spiro atoms. The lowest BCUT2D eigenvalue weighted by Crippen LogP contribution is -2.16. The van der Waals surface area contributed by atoms with Crippen LogP contribution in [-0.4, -0.2) is 12.3 Å². The zero-order valence-corrected chi connectivity index (χ0v) is 11.6. The van der Waals surface area contributed by atoms with Crippen molar-refractivity contribution in [3.8, 4) is 0 Å². The average Bonchev–Trinajstić information content (AvgIpc) is 2.41. The van der Waals surface area contributed by atoms with Crippen LogP contribution in [0.3, 0.4) is 0 Å². The molecule has 0 aliphatic rings. The van der Waals surface area contributed by atoms with Gasteiger partial charge in [0.05, 0.1) is 0 Å². The van der Waals surface area contributed by atoms with Gasteiger partial charge in [-0.2, -0.15) is 0 Å². The fourth-order valence-electron chi connectivity index (χ4n) is 2.17. The standard InChI is InChI=1S/C16H17FN2O/c1-3-19(13-6-4-12(17)5-7-13)14-8-9-15(11(2)20)16(18)10-14/h4-10H,3,18H2,1-2H3. The molecular weight excluding hydrogens is 255 g/mol. The molecule has 0 heterocycles. The first kappa shape index (κ1) is 14.1. The van der Waals surface area contributed by atoms with Gasteiger partial charge < -0.3 is 10.6 Å². The van der Waals surface area contributed by atoms with Gasteiger partial charge in [-0.15, -0.1) is 0 Å². The molecule has 2 N–H and O–H groups in total. The zero-order chi connectivity index (χ0) is 14.7. The molecule has 2 aromatic carbocycles. The van der Waals surface area contributed by atoms with E-state index in [1.165, 1.54) is 19.1 Å². The van der Waals surface area contributed by atoms with Crippen molar-refractivity contribution < 1.29 is 9.18 Å². The van der Waals surface area contributed by atoms with Gasteiger partial charge in [0.15, 0.2) is 5.78 Å². The predicted molar refractivity (Wildman–Crippen MR) is 79.9 cm³/mol. The second-order valence-electron chi connectivity index (χ2n) is 4.55. The maximum absolute atomic E-state index is 13.0. The van der Waals surface area contributed by atoms with Gasteiger partial charge in [-0.1, -0.05) is 0 Å². The molecule has 0 aliphatic heterocycles. The summed E-state index contributed by atoms with van der Waals surface area (Å²) in [4.78, 5) is 13.4. The van der Waals surface area contributed by atoms with Gasteiger partial charge in [0.2, 0.25) is 0 Å². The SMILES string of the molecule is CCN(c1ccc(F)cc1)c1ccc(C(C)=O)c(N)c1. The first-order valence-electron chi connectivity index (χ1n) is 6.46. The molecule has 0 unspecified atom stereocenters. The van der Waals surface area contributed by atoms with Crippen LogP contribution in [0, 0.1) is 5.82 Å². The molecule has 4 heteroatoms. The Kier molecular flexibility index (Phi) is 4.03. The van der Waals surface area contributed by atoms with Crippen molar-refractivity contribution in [1.29, 1.82) is 0 Å². The first-order valence-corrected chi connectivity index (χ1v) is 6.46. The van der Waals surface area contributed by atoms with Gasteiger partial charge in [-0.25, -0.2) is 4.39 Å². The van der Waals surface area contributed by atoms with E-state index in [-0.39, 0.29) is 11.6 Å². The summed E-state index contributed by atoms with van der Waals surface area (Å²) in [6.07, 6.45) is 0. The molecule has 104 valence electrons. The summed E-state index contributed by atoms with van der Waals surface area (Å²) in [5.74, 6) is -0.324. The molecule has 0 aliphatic carbocycles. The summed E-state index contributed by atoms with van der Waals surface area (Å²) in [5, 5.41) is 0. The third-order valence-electron chi connectivity index (χ3n) is 3.18. The number of nitrogens with zero attached hydrogens (tertiary/aromatic N) is 1. The number of carbonyl (C=O) groups is 1. The van der Waals surface area contributed by atoms with Crippen LogP contribution in [0.4, 0.5) is 21.5 Å². The highest BCUT2D eigenvalue weighted by atomic mass is 19.1. The molecule has 2 aromatic rings. The highest BCUT2D eigenvalue weighted by Gasteiger charge is 2.11. The largest absolute Gasteiger partial charge is 0.398 e. The normalized spacial score (nSPS) is 10.3. The number of anilines is 3. The molecule has 0 amide bonds. The minimum absolute atomic E-state index is 0.0566. The Morgan fingerprint density at radius 1 is 1.15 bits per heavy atom. The Bertz CT molecular complexity index is 623. The second kappa shape index (κ2) is 5.74. The molecule has 0 atom stereocenters. The van der Waals surface area contributed by atoms with E-state index in [2.05, 4.69) is 0 Å². The van der Waals surface area contributed by atoms with Crippen LogP contribution in [-0.2, 0) is 0 Å². The molecule has 2 rings (SSSR count). The highest BCUT2D eigenvalue weighted by Crippen LogP contribution is 2.28. The number of rotatable bonds is 4. The minimum Gasteiger partial charge on any atom is -0.398 e. The number of ketones is 1.